The van der Waals surface area contributed by atoms with Gasteiger partial charge in [-0.25, -0.2) is 4.39 Å². The van der Waals surface area contributed by atoms with Crippen LogP contribution in [0, 0.1) is 5.82 Å². The molecule has 2 rings (SSSR count). The van der Waals surface area contributed by atoms with Crippen LogP contribution >= 0.6 is 11.8 Å². The Morgan fingerprint density at radius 2 is 2.39 bits per heavy atom. The zero-order valence-corrected chi connectivity index (χ0v) is 10.5. The summed E-state index contributed by atoms with van der Waals surface area (Å²) in [6.07, 6.45) is 0.985. The molecule has 0 aliphatic carbocycles. The Morgan fingerprint density at radius 3 is 3.00 bits per heavy atom. The standard InChI is InChI=1S/C12H13FN2O2S/c13-9-6-8(12-14-4-1-5-15-12)2-3-10(9)18-7-11(16)17/h2-3,6H,1,4-5,7H2,(H,14,15)(H,16,17). The first-order chi connectivity index (χ1) is 8.66. The second-order valence-corrected chi connectivity index (χ2v) is 4.86. The van der Waals surface area contributed by atoms with Gasteiger partial charge in [0.25, 0.3) is 0 Å². The van der Waals surface area contributed by atoms with E-state index in [1.54, 1.807) is 12.1 Å². The number of benzene rings is 1. The third-order valence-electron chi connectivity index (χ3n) is 2.45. The molecular weight excluding hydrogens is 255 g/mol. The van der Waals surface area contributed by atoms with Crippen molar-refractivity contribution in [2.24, 2.45) is 4.99 Å². The Morgan fingerprint density at radius 1 is 1.56 bits per heavy atom. The molecule has 1 heterocycles. The molecule has 1 aliphatic rings. The van der Waals surface area contributed by atoms with Gasteiger partial charge in [0.05, 0.1) is 5.75 Å². The van der Waals surface area contributed by atoms with Crippen molar-refractivity contribution < 1.29 is 14.3 Å². The second-order valence-electron chi connectivity index (χ2n) is 3.84. The molecule has 0 radical (unpaired) electrons. The molecule has 0 saturated heterocycles. The Balaban J connectivity index is 2.13. The summed E-state index contributed by atoms with van der Waals surface area (Å²) in [6.45, 7) is 1.59. The number of aliphatic imine (C=N–C) groups is 1. The number of thioether (sulfide) groups is 1. The highest BCUT2D eigenvalue weighted by Crippen LogP contribution is 2.22. The van der Waals surface area contributed by atoms with E-state index in [1.165, 1.54) is 6.07 Å². The van der Waals surface area contributed by atoms with Crippen molar-refractivity contribution in [3.05, 3.63) is 29.6 Å². The topological polar surface area (TPSA) is 61.7 Å². The lowest BCUT2D eigenvalue weighted by Gasteiger charge is -2.15. The number of carboxylic acids is 1. The fourth-order valence-corrected chi connectivity index (χ4v) is 2.27. The number of halogens is 1. The van der Waals surface area contributed by atoms with Crippen LogP contribution in [0.25, 0.3) is 0 Å². The van der Waals surface area contributed by atoms with Gasteiger partial charge in [0, 0.05) is 23.5 Å². The zero-order valence-electron chi connectivity index (χ0n) is 9.65. The van der Waals surface area contributed by atoms with Crippen molar-refractivity contribution in [1.29, 1.82) is 0 Å². The summed E-state index contributed by atoms with van der Waals surface area (Å²) >= 11 is 0.976. The van der Waals surface area contributed by atoms with Gasteiger partial charge in [0.15, 0.2) is 0 Å². The van der Waals surface area contributed by atoms with Gasteiger partial charge >= 0.3 is 5.97 Å². The smallest absolute Gasteiger partial charge is 0.313 e. The van der Waals surface area contributed by atoms with E-state index >= 15 is 0 Å². The summed E-state index contributed by atoms with van der Waals surface area (Å²) in [5.74, 6) is -0.805. The summed E-state index contributed by atoms with van der Waals surface area (Å²) in [5, 5.41) is 11.7. The highest BCUT2D eigenvalue weighted by molar-refractivity contribution is 8.00. The van der Waals surface area contributed by atoms with Gasteiger partial charge < -0.3 is 10.4 Å². The predicted octanol–water partition coefficient (Wildman–Crippen LogP) is 1.74. The molecule has 1 aliphatic heterocycles. The molecule has 18 heavy (non-hydrogen) atoms. The van der Waals surface area contributed by atoms with E-state index in [-0.39, 0.29) is 5.75 Å². The van der Waals surface area contributed by atoms with Crippen LogP contribution in [0.3, 0.4) is 0 Å². The Bertz CT molecular complexity index is 491. The van der Waals surface area contributed by atoms with Gasteiger partial charge in [0.1, 0.15) is 11.7 Å². The minimum absolute atomic E-state index is 0.143. The molecule has 0 amide bonds. The first kappa shape index (κ1) is 12.9. The van der Waals surface area contributed by atoms with Crippen molar-refractivity contribution >= 4 is 23.6 Å². The molecule has 4 nitrogen and oxygen atoms in total. The van der Waals surface area contributed by atoms with E-state index in [9.17, 15) is 9.18 Å². The summed E-state index contributed by atoms with van der Waals surface area (Å²) in [4.78, 5) is 15.1. The Hall–Kier alpha value is -1.56. The van der Waals surface area contributed by atoms with Crippen molar-refractivity contribution in [2.75, 3.05) is 18.8 Å². The van der Waals surface area contributed by atoms with Crippen LogP contribution in [0.5, 0.6) is 0 Å². The first-order valence-corrected chi connectivity index (χ1v) is 6.58. The van der Waals surface area contributed by atoms with Gasteiger partial charge in [-0.2, -0.15) is 0 Å². The largest absolute Gasteiger partial charge is 0.481 e. The molecule has 96 valence electrons. The molecule has 1 aromatic rings. The molecule has 0 aromatic heterocycles. The molecule has 6 heteroatoms. The number of hydrogen-bond donors (Lipinski definition) is 2. The third kappa shape index (κ3) is 3.22. The maximum atomic E-state index is 13.8. The number of nitrogens with one attached hydrogen (secondary N) is 1. The van der Waals surface area contributed by atoms with E-state index in [0.717, 1.165) is 31.3 Å². The fraction of sp³-hybridized carbons (Fsp3) is 0.333. The molecule has 1 aromatic carbocycles. The van der Waals surface area contributed by atoms with E-state index in [0.29, 0.717) is 16.3 Å². The lowest BCUT2D eigenvalue weighted by Crippen LogP contribution is -2.30. The number of nitrogens with zero attached hydrogens (tertiary/aromatic N) is 1. The summed E-state index contributed by atoms with van der Waals surface area (Å²) in [6, 6.07) is 4.74. The molecule has 2 N–H and O–H groups in total. The van der Waals surface area contributed by atoms with Crippen molar-refractivity contribution in [2.45, 2.75) is 11.3 Å². The Kier molecular flexibility index (Phi) is 4.19. The monoisotopic (exact) mass is 268 g/mol. The van der Waals surface area contributed by atoms with E-state index in [1.807, 2.05) is 0 Å². The number of rotatable bonds is 4. The lowest BCUT2D eigenvalue weighted by molar-refractivity contribution is -0.133. The van der Waals surface area contributed by atoms with Gasteiger partial charge in [-0.3, -0.25) is 9.79 Å². The summed E-state index contributed by atoms with van der Waals surface area (Å²) in [5.41, 5.74) is 0.701. The lowest BCUT2D eigenvalue weighted by atomic mass is 10.2. The first-order valence-electron chi connectivity index (χ1n) is 5.59. The predicted molar refractivity (Wildman–Crippen MR) is 68.8 cm³/mol. The van der Waals surface area contributed by atoms with E-state index in [4.69, 9.17) is 5.11 Å². The van der Waals surface area contributed by atoms with Crippen LogP contribution in [0.15, 0.2) is 28.1 Å². The van der Waals surface area contributed by atoms with Gasteiger partial charge in [0.2, 0.25) is 0 Å². The maximum Gasteiger partial charge on any atom is 0.313 e. The van der Waals surface area contributed by atoms with Crippen LogP contribution < -0.4 is 5.32 Å². The molecule has 0 spiro atoms. The van der Waals surface area contributed by atoms with Crippen molar-refractivity contribution in [1.82, 2.24) is 5.32 Å². The summed E-state index contributed by atoms with van der Waals surface area (Å²) in [7, 11) is 0. The van der Waals surface area contributed by atoms with E-state index in [2.05, 4.69) is 10.3 Å². The average Bonchev–Trinajstić information content (AvgIpc) is 2.38. The maximum absolute atomic E-state index is 13.8. The minimum Gasteiger partial charge on any atom is -0.481 e. The van der Waals surface area contributed by atoms with Crippen LogP contribution in [0.4, 0.5) is 4.39 Å². The number of carbonyl (C=O) groups is 1. The minimum atomic E-state index is -0.957. The van der Waals surface area contributed by atoms with Crippen LogP contribution in [-0.4, -0.2) is 35.8 Å². The second kappa shape index (κ2) is 5.86. The van der Waals surface area contributed by atoms with Crippen molar-refractivity contribution in [3.8, 4) is 0 Å². The highest BCUT2D eigenvalue weighted by Gasteiger charge is 2.11. The third-order valence-corrected chi connectivity index (χ3v) is 3.49. The van der Waals surface area contributed by atoms with Crippen LogP contribution in [0.1, 0.15) is 12.0 Å². The van der Waals surface area contributed by atoms with Gasteiger partial charge in [-0.15, -0.1) is 11.8 Å². The number of carboxylic acid groups (broad SMARTS) is 1. The van der Waals surface area contributed by atoms with Gasteiger partial charge in [-0.1, -0.05) is 0 Å². The molecule has 0 saturated carbocycles. The number of aliphatic carboxylic acids is 1. The summed E-state index contributed by atoms with van der Waals surface area (Å²) < 4.78 is 13.8. The van der Waals surface area contributed by atoms with Gasteiger partial charge in [-0.05, 0) is 24.6 Å². The highest BCUT2D eigenvalue weighted by atomic mass is 32.2. The van der Waals surface area contributed by atoms with Crippen LogP contribution in [-0.2, 0) is 4.79 Å². The zero-order chi connectivity index (χ0) is 13.0. The van der Waals surface area contributed by atoms with Crippen LogP contribution in [0.2, 0.25) is 0 Å². The fourth-order valence-electron chi connectivity index (χ4n) is 1.63. The molecule has 0 unspecified atom stereocenters. The van der Waals surface area contributed by atoms with E-state index < -0.39 is 11.8 Å². The molecule has 0 fully saturated rings. The van der Waals surface area contributed by atoms with Crippen molar-refractivity contribution in [3.63, 3.8) is 0 Å². The number of amidine groups is 1. The normalized spacial score (nSPS) is 14.8. The quantitative estimate of drug-likeness (QED) is 0.817. The Labute approximate surface area is 108 Å². The molecule has 0 atom stereocenters. The molecule has 0 bridgehead atoms. The SMILES string of the molecule is O=C(O)CSc1ccc(C2=NCCCN2)cc1F. The molecular formula is C12H13FN2O2S. The average molecular weight is 268 g/mol. The number of hydrogen-bond acceptors (Lipinski definition) is 4.